The predicted octanol–water partition coefficient (Wildman–Crippen LogP) is 3.21. The van der Waals surface area contributed by atoms with Gasteiger partial charge in [-0.05, 0) is 45.1 Å². The first-order chi connectivity index (χ1) is 12.1. The number of hydrogen-bond donors (Lipinski definition) is 2. The van der Waals surface area contributed by atoms with Gasteiger partial charge in [0.15, 0.2) is 5.82 Å². The van der Waals surface area contributed by atoms with Gasteiger partial charge in [0.2, 0.25) is 0 Å². The molecule has 6 nitrogen and oxygen atoms in total. The summed E-state index contributed by atoms with van der Waals surface area (Å²) in [5.41, 5.74) is 1.55. The molecule has 0 radical (unpaired) electrons. The number of aliphatic hydroxyl groups is 1. The van der Waals surface area contributed by atoms with E-state index in [9.17, 15) is 5.11 Å². The van der Waals surface area contributed by atoms with Crippen molar-refractivity contribution >= 4 is 27.4 Å². The van der Waals surface area contributed by atoms with Crippen molar-refractivity contribution in [2.24, 2.45) is 0 Å². The number of aryl methyl sites for hydroxylation is 2. The fourth-order valence-corrected chi connectivity index (χ4v) is 4.40. The summed E-state index contributed by atoms with van der Waals surface area (Å²) in [6, 6.07) is 0. The molecule has 1 aliphatic rings. The molecule has 0 saturated carbocycles. The molecule has 3 aromatic rings. The highest BCUT2D eigenvalue weighted by Gasteiger charge is 2.25. The third kappa shape index (κ3) is 3.09. The number of aromatic nitrogens is 4. The lowest BCUT2D eigenvalue weighted by molar-refractivity contribution is 0.234. The van der Waals surface area contributed by atoms with Gasteiger partial charge in [-0.3, -0.25) is 4.98 Å². The van der Waals surface area contributed by atoms with Gasteiger partial charge in [0, 0.05) is 17.3 Å². The van der Waals surface area contributed by atoms with E-state index in [1.165, 1.54) is 23.3 Å². The van der Waals surface area contributed by atoms with Crippen LogP contribution in [0, 0.1) is 0 Å². The Kier molecular flexibility index (Phi) is 4.13. The lowest BCUT2D eigenvalue weighted by atomic mass is 9.96. The minimum absolute atomic E-state index is 0.0191. The van der Waals surface area contributed by atoms with Crippen LogP contribution < -0.4 is 5.32 Å². The number of hydrogen-bond acceptors (Lipinski definition) is 7. The third-order valence-electron chi connectivity index (χ3n) is 4.46. The SMILES string of the molecule is CC(C)(CO)Nc1nc(-c2cnccn2)nc2sc3c(c12)CCCC3. The summed E-state index contributed by atoms with van der Waals surface area (Å²) in [5, 5.41) is 14.2. The molecule has 0 aliphatic heterocycles. The van der Waals surface area contributed by atoms with Crippen LogP contribution in [0.25, 0.3) is 21.7 Å². The Bertz CT molecular complexity index is 907. The Morgan fingerprint density at radius 3 is 2.80 bits per heavy atom. The molecule has 1 aliphatic carbocycles. The maximum Gasteiger partial charge on any atom is 0.183 e. The van der Waals surface area contributed by atoms with Crippen LogP contribution in [0.2, 0.25) is 0 Å². The lowest BCUT2D eigenvalue weighted by Crippen LogP contribution is -2.35. The van der Waals surface area contributed by atoms with Crippen molar-refractivity contribution in [1.29, 1.82) is 0 Å². The van der Waals surface area contributed by atoms with Gasteiger partial charge < -0.3 is 10.4 Å². The van der Waals surface area contributed by atoms with E-state index in [0.29, 0.717) is 11.5 Å². The van der Waals surface area contributed by atoms with Crippen molar-refractivity contribution in [2.75, 3.05) is 11.9 Å². The topological polar surface area (TPSA) is 83.8 Å². The maximum atomic E-state index is 9.68. The van der Waals surface area contributed by atoms with Gasteiger partial charge in [-0.15, -0.1) is 11.3 Å². The van der Waals surface area contributed by atoms with E-state index in [-0.39, 0.29) is 6.61 Å². The van der Waals surface area contributed by atoms with Crippen molar-refractivity contribution in [1.82, 2.24) is 19.9 Å². The monoisotopic (exact) mass is 355 g/mol. The minimum Gasteiger partial charge on any atom is -0.394 e. The smallest absolute Gasteiger partial charge is 0.183 e. The van der Waals surface area contributed by atoms with E-state index in [4.69, 9.17) is 9.97 Å². The van der Waals surface area contributed by atoms with Gasteiger partial charge >= 0.3 is 0 Å². The summed E-state index contributed by atoms with van der Waals surface area (Å²) in [4.78, 5) is 20.4. The summed E-state index contributed by atoms with van der Waals surface area (Å²) < 4.78 is 0. The molecule has 130 valence electrons. The highest BCUT2D eigenvalue weighted by Crippen LogP contribution is 2.40. The zero-order valence-electron chi connectivity index (χ0n) is 14.4. The molecule has 0 atom stereocenters. The third-order valence-corrected chi connectivity index (χ3v) is 5.64. The molecule has 3 heterocycles. The fraction of sp³-hybridized carbons (Fsp3) is 0.444. The number of thiophene rings is 1. The predicted molar refractivity (Wildman–Crippen MR) is 99.9 cm³/mol. The van der Waals surface area contributed by atoms with E-state index < -0.39 is 5.54 Å². The van der Waals surface area contributed by atoms with Crippen LogP contribution in [0.4, 0.5) is 5.82 Å². The minimum atomic E-state index is -0.468. The Hall–Kier alpha value is -2.12. The van der Waals surface area contributed by atoms with Crippen molar-refractivity contribution in [3.63, 3.8) is 0 Å². The summed E-state index contributed by atoms with van der Waals surface area (Å²) in [7, 11) is 0. The van der Waals surface area contributed by atoms with Crippen LogP contribution in [-0.2, 0) is 12.8 Å². The zero-order valence-corrected chi connectivity index (χ0v) is 15.2. The van der Waals surface area contributed by atoms with Crippen LogP contribution >= 0.6 is 11.3 Å². The first kappa shape index (κ1) is 16.4. The van der Waals surface area contributed by atoms with E-state index >= 15 is 0 Å². The van der Waals surface area contributed by atoms with Crippen LogP contribution in [0.5, 0.6) is 0 Å². The number of fused-ring (bicyclic) bond motifs is 3. The Labute approximate surface area is 150 Å². The average Bonchev–Trinajstić information content (AvgIpc) is 3.01. The van der Waals surface area contributed by atoms with Crippen molar-refractivity contribution < 1.29 is 5.11 Å². The quantitative estimate of drug-likeness (QED) is 0.748. The van der Waals surface area contributed by atoms with Crippen LogP contribution in [0.3, 0.4) is 0 Å². The van der Waals surface area contributed by atoms with Crippen LogP contribution in [-0.4, -0.2) is 37.2 Å². The Balaban J connectivity index is 1.93. The van der Waals surface area contributed by atoms with E-state index in [1.54, 1.807) is 29.9 Å². The molecule has 0 spiro atoms. The molecule has 0 unspecified atom stereocenters. The van der Waals surface area contributed by atoms with Gasteiger partial charge in [0.25, 0.3) is 0 Å². The Morgan fingerprint density at radius 2 is 2.04 bits per heavy atom. The summed E-state index contributed by atoms with van der Waals surface area (Å²) in [6.45, 7) is 3.94. The number of nitrogens with one attached hydrogen (secondary N) is 1. The summed E-state index contributed by atoms with van der Waals surface area (Å²) in [6.07, 6.45) is 9.57. The second kappa shape index (κ2) is 6.31. The van der Waals surface area contributed by atoms with Crippen molar-refractivity contribution in [2.45, 2.75) is 45.1 Å². The van der Waals surface area contributed by atoms with Gasteiger partial charge in [0.05, 0.1) is 23.7 Å². The molecule has 0 aromatic carbocycles. The zero-order chi connectivity index (χ0) is 17.4. The summed E-state index contributed by atoms with van der Waals surface area (Å²) >= 11 is 1.75. The number of aliphatic hydroxyl groups excluding tert-OH is 1. The molecule has 25 heavy (non-hydrogen) atoms. The fourth-order valence-electron chi connectivity index (χ4n) is 3.14. The van der Waals surface area contributed by atoms with Gasteiger partial charge in [-0.2, -0.15) is 0 Å². The van der Waals surface area contributed by atoms with Crippen LogP contribution in [0.15, 0.2) is 18.6 Å². The summed E-state index contributed by atoms with van der Waals surface area (Å²) in [5.74, 6) is 1.35. The van der Waals surface area contributed by atoms with Crippen molar-refractivity contribution in [3.05, 3.63) is 29.0 Å². The molecular formula is C18H21N5OS. The molecule has 2 N–H and O–H groups in total. The average molecular weight is 355 g/mol. The second-order valence-electron chi connectivity index (χ2n) is 7.04. The van der Waals surface area contributed by atoms with Gasteiger partial charge in [-0.1, -0.05) is 0 Å². The Morgan fingerprint density at radius 1 is 1.20 bits per heavy atom. The first-order valence-electron chi connectivity index (χ1n) is 8.55. The molecule has 0 saturated heterocycles. The molecule has 0 fully saturated rings. The van der Waals surface area contributed by atoms with E-state index in [2.05, 4.69) is 15.3 Å². The molecule has 4 rings (SSSR count). The lowest BCUT2D eigenvalue weighted by Gasteiger charge is -2.25. The first-order valence-corrected chi connectivity index (χ1v) is 9.37. The second-order valence-corrected chi connectivity index (χ2v) is 8.13. The maximum absolute atomic E-state index is 9.68. The normalized spacial score (nSPS) is 14.5. The number of anilines is 1. The standard InChI is InChI=1S/C18H21N5OS/c1-18(2,10-24)23-16-14-11-5-3-4-6-13(11)25-17(14)22-15(21-16)12-9-19-7-8-20-12/h7-9,24H,3-6,10H2,1-2H3,(H,21,22,23). The highest BCUT2D eigenvalue weighted by atomic mass is 32.1. The van der Waals surface area contributed by atoms with E-state index in [1.807, 2.05) is 13.8 Å². The van der Waals surface area contributed by atoms with Crippen LogP contribution in [0.1, 0.15) is 37.1 Å². The van der Waals surface area contributed by atoms with Gasteiger partial charge in [-0.25, -0.2) is 15.0 Å². The van der Waals surface area contributed by atoms with Crippen molar-refractivity contribution in [3.8, 4) is 11.5 Å². The molecule has 0 amide bonds. The number of rotatable bonds is 4. The molecule has 0 bridgehead atoms. The van der Waals surface area contributed by atoms with E-state index in [0.717, 1.165) is 28.9 Å². The molecule has 3 aromatic heterocycles. The highest BCUT2D eigenvalue weighted by molar-refractivity contribution is 7.19. The van der Waals surface area contributed by atoms with Gasteiger partial charge in [0.1, 0.15) is 16.3 Å². The molecule has 7 heteroatoms. The molecular weight excluding hydrogens is 334 g/mol. The largest absolute Gasteiger partial charge is 0.394 e. The number of nitrogens with zero attached hydrogens (tertiary/aromatic N) is 4.